The molecule has 1 N–H and O–H groups in total. The molecule has 0 unspecified atom stereocenters. The smallest absolute Gasteiger partial charge is 0.206 e. The second-order valence-electron chi connectivity index (χ2n) is 4.88. The van der Waals surface area contributed by atoms with E-state index >= 15 is 0 Å². The van der Waals surface area contributed by atoms with Crippen LogP contribution in [-0.2, 0) is 9.84 Å². The van der Waals surface area contributed by atoms with Crippen LogP contribution in [0.3, 0.4) is 0 Å². The van der Waals surface area contributed by atoms with Gasteiger partial charge in [0.1, 0.15) is 0 Å². The van der Waals surface area contributed by atoms with Crippen molar-refractivity contribution in [2.45, 2.75) is 23.6 Å². The molecule has 0 fully saturated rings. The molecule has 0 bridgehead atoms. The number of nitrogens with zero attached hydrogens (tertiary/aromatic N) is 1. The van der Waals surface area contributed by atoms with Gasteiger partial charge in [-0.25, -0.2) is 8.42 Å². The zero-order valence-corrected chi connectivity index (χ0v) is 13.2. The van der Waals surface area contributed by atoms with Gasteiger partial charge in [0.05, 0.1) is 28.5 Å². The predicted octanol–water partition coefficient (Wildman–Crippen LogP) is 2.72. The molecule has 0 spiro atoms. The molecule has 0 aliphatic rings. The summed E-state index contributed by atoms with van der Waals surface area (Å²) in [4.78, 5) is 0.125. The zero-order chi connectivity index (χ0) is 16.5. The van der Waals surface area contributed by atoms with Crippen LogP contribution < -0.4 is 4.74 Å². The number of aromatic hydroxyl groups is 1. The lowest BCUT2D eigenvalue weighted by Gasteiger charge is -2.10. The Morgan fingerprint density at radius 3 is 2.18 bits per heavy atom. The maximum Gasteiger partial charge on any atom is 0.206 e. The molecule has 22 heavy (non-hydrogen) atoms. The highest BCUT2D eigenvalue weighted by atomic mass is 32.2. The third-order valence-electron chi connectivity index (χ3n) is 3.39. The van der Waals surface area contributed by atoms with E-state index in [4.69, 9.17) is 10.00 Å². The van der Waals surface area contributed by atoms with E-state index in [0.29, 0.717) is 16.7 Å². The number of hydrogen-bond donors (Lipinski definition) is 1. The van der Waals surface area contributed by atoms with Gasteiger partial charge < -0.3 is 9.84 Å². The Balaban J connectivity index is 2.64. The summed E-state index contributed by atoms with van der Waals surface area (Å²) in [6.07, 6.45) is 0. The largest absolute Gasteiger partial charge is 0.504 e. The van der Waals surface area contributed by atoms with Crippen LogP contribution in [0.2, 0.25) is 0 Å². The Hall–Kier alpha value is -2.52. The quantitative estimate of drug-likeness (QED) is 0.940. The van der Waals surface area contributed by atoms with Gasteiger partial charge in [-0.1, -0.05) is 0 Å². The van der Waals surface area contributed by atoms with Crippen molar-refractivity contribution in [3.63, 3.8) is 0 Å². The van der Waals surface area contributed by atoms with Crippen LogP contribution >= 0.6 is 0 Å². The van der Waals surface area contributed by atoms with Crippen LogP contribution in [-0.4, -0.2) is 20.6 Å². The number of methoxy groups -OCH3 is 1. The summed E-state index contributed by atoms with van der Waals surface area (Å²) in [5.41, 5.74) is 1.68. The average Bonchev–Trinajstić information content (AvgIpc) is 2.47. The number of rotatable bonds is 3. The van der Waals surface area contributed by atoms with Crippen molar-refractivity contribution in [1.82, 2.24) is 0 Å². The number of phenols is 1. The fourth-order valence-corrected chi connectivity index (χ4v) is 3.66. The minimum absolute atomic E-state index is 0.0191. The Morgan fingerprint density at radius 1 is 1.09 bits per heavy atom. The van der Waals surface area contributed by atoms with Crippen molar-refractivity contribution in [3.05, 3.63) is 47.0 Å². The molecule has 5 nitrogen and oxygen atoms in total. The van der Waals surface area contributed by atoms with Gasteiger partial charge in [-0.05, 0) is 49.2 Å². The maximum atomic E-state index is 12.7. The van der Waals surface area contributed by atoms with Gasteiger partial charge >= 0.3 is 0 Å². The van der Waals surface area contributed by atoms with Crippen LogP contribution in [0.1, 0.15) is 16.7 Å². The highest BCUT2D eigenvalue weighted by Crippen LogP contribution is 2.32. The lowest BCUT2D eigenvalue weighted by atomic mass is 10.0. The summed E-state index contributed by atoms with van der Waals surface area (Å²) in [6.45, 7) is 3.39. The monoisotopic (exact) mass is 317 g/mol. The van der Waals surface area contributed by atoms with Gasteiger partial charge in [0, 0.05) is 6.07 Å². The molecule has 0 heterocycles. The van der Waals surface area contributed by atoms with Crippen molar-refractivity contribution < 1.29 is 18.3 Å². The average molecular weight is 317 g/mol. The molecule has 114 valence electrons. The van der Waals surface area contributed by atoms with Gasteiger partial charge in [0.2, 0.25) is 9.84 Å². The summed E-state index contributed by atoms with van der Waals surface area (Å²) in [6, 6.07) is 8.86. The third kappa shape index (κ3) is 2.63. The van der Waals surface area contributed by atoms with Crippen LogP contribution in [0.4, 0.5) is 0 Å². The minimum atomic E-state index is -3.76. The third-order valence-corrected chi connectivity index (χ3v) is 5.12. The van der Waals surface area contributed by atoms with Crippen molar-refractivity contribution in [3.8, 4) is 17.6 Å². The van der Waals surface area contributed by atoms with E-state index in [1.54, 1.807) is 13.8 Å². The molecular formula is C16H15NO4S. The fourth-order valence-electron chi connectivity index (χ4n) is 2.22. The molecule has 2 rings (SSSR count). The van der Waals surface area contributed by atoms with Crippen LogP contribution in [0.15, 0.2) is 40.1 Å². The number of hydrogen-bond acceptors (Lipinski definition) is 5. The van der Waals surface area contributed by atoms with Crippen LogP contribution in [0.25, 0.3) is 0 Å². The second kappa shape index (κ2) is 5.70. The van der Waals surface area contributed by atoms with Crippen molar-refractivity contribution in [2.75, 3.05) is 7.11 Å². The van der Waals surface area contributed by atoms with E-state index in [0.717, 1.165) is 0 Å². The highest BCUT2D eigenvalue weighted by molar-refractivity contribution is 7.91. The molecule has 0 aliphatic heterocycles. The standard InChI is InChI=1S/C16H15NO4S/c1-10-6-13(7-11(2)14(10)9-17)22(19,20)12-4-5-15(18)16(8-12)21-3/h4-8,18H,1-3H3. The van der Waals surface area contributed by atoms with E-state index in [1.807, 2.05) is 0 Å². The van der Waals surface area contributed by atoms with Gasteiger partial charge in [-0.15, -0.1) is 0 Å². The number of phenolic OH excluding ortho intramolecular Hbond substituents is 1. The maximum absolute atomic E-state index is 12.7. The predicted molar refractivity (Wildman–Crippen MR) is 80.7 cm³/mol. The lowest BCUT2D eigenvalue weighted by molar-refractivity contribution is 0.372. The minimum Gasteiger partial charge on any atom is -0.504 e. The molecular weight excluding hydrogens is 302 g/mol. The van der Waals surface area contributed by atoms with Gasteiger partial charge in [0.15, 0.2) is 11.5 Å². The van der Waals surface area contributed by atoms with E-state index in [1.165, 1.54) is 37.4 Å². The molecule has 0 saturated carbocycles. The summed E-state index contributed by atoms with van der Waals surface area (Å²) >= 11 is 0. The van der Waals surface area contributed by atoms with Crippen molar-refractivity contribution in [2.24, 2.45) is 0 Å². The molecule has 0 radical (unpaired) electrons. The number of sulfone groups is 1. The van der Waals surface area contributed by atoms with Crippen molar-refractivity contribution >= 4 is 9.84 Å². The highest BCUT2D eigenvalue weighted by Gasteiger charge is 2.21. The number of aryl methyl sites for hydroxylation is 2. The van der Waals surface area contributed by atoms with Gasteiger partial charge in [-0.2, -0.15) is 5.26 Å². The first-order chi connectivity index (χ1) is 10.3. The Kier molecular flexibility index (Phi) is 4.11. The summed E-state index contributed by atoms with van der Waals surface area (Å²) in [5, 5.41) is 18.6. The molecule has 6 heteroatoms. The van der Waals surface area contributed by atoms with E-state index in [9.17, 15) is 13.5 Å². The van der Waals surface area contributed by atoms with Crippen LogP contribution in [0.5, 0.6) is 11.5 Å². The zero-order valence-electron chi connectivity index (χ0n) is 12.4. The fraction of sp³-hybridized carbons (Fsp3) is 0.188. The molecule has 0 saturated heterocycles. The number of benzene rings is 2. The topological polar surface area (TPSA) is 87.4 Å². The number of nitriles is 1. The first-order valence-corrected chi connectivity index (χ1v) is 7.93. The molecule has 0 aromatic heterocycles. The second-order valence-corrected chi connectivity index (χ2v) is 6.83. The van der Waals surface area contributed by atoms with Gasteiger partial charge in [0.25, 0.3) is 0 Å². The summed E-state index contributed by atoms with van der Waals surface area (Å²) in [5.74, 6) is -0.0446. The van der Waals surface area contributed by atoms with Crippen LogP contribution in [0, 0.1) is 25.2 Å². The first kappa shape index (κ1) is 15.9. The molecule has 0 amide bonds. The molecule has 0 aliphatic carbocycles. The molecule has 0 atom stereocenters. The SMILES string of the molecule is COc1cc(S(=O)(=O)c2cc(C)c(C#N)c(C)c2)ccc1O. The normalized spacial score (nSPS) is 11.0. The summed E-state index contributed by atoms with van der Waals surface area (Å²) in [7, 11) is -2.41. The van der Waals surface area contributed by atoms with E-state index in [2.05, 4.69) is 6.07 Å². The van der Waals surface area contributed by atoms with E-state index < -0.39 is 9.84 Å². The number of ether oxygens (including phenoxy) is 1. The molecule has 2 aromatic carbocycles. The van der Waals surface area contributed by atoms with Crippen molar-refractivity contribution in [1.29, 1.82) is 5.26 Å². The Labute approximate surface area is 129 Å². The lowest BCUT2D eigenvalue weighted by Crippen LogP contribution is -2.04. The van der Waals surface area contributed by atoms with Gasteiger partial charge in [-0.3, -0.25) is 0 Å². The Morgan fingerprint density at radius 2 is 1.68 bits per heavy atom. The molecule has 2 aromatic rings. The van der Waals surface area contributed by atoms with E-state index in [-0.39, 0.29) is 21.3 Å². The summed E-state index contributed by atoms with van der Waals surface area (Å²) < 4.78 is 30.3. The Bertz CT molecular complexity index is 856. The first-order valence-electron chi connectivity index (χ1n) is 6.44.